The molecule has 0 aliphatic heterocycles. The summed E-state index contributed by atoms with van der Waals surface area (Å²) in [7, 11) is 0. The second-order valence-electron chi connectivity index (χ2n) is 4.52. The lowest BCUT2D eigenvalue weighted by Crippen LogP contribution is -2.00. The van der Waals surface area contributed by atoms with Crippen LogP contribution < -0.4 is 4.89 Å². The van der Waals surface area contributed by atoms with Crippen LogP contribution in [0.3, 0.4) is 0 Å². The fourth-order valence-electron chi connectivity index (χ4n) is 2.39. The molecule has 1 aliphatic carbocycles. The van der Waals surface area contributed by atoms with Gasteiger partial charge >= 0.3 is 0 Å². The lowest BCUT2D eigenvalue weighted by Gasteiger charge is -2.08. The second-order valence-corrected chi connectivity index (χ2v) is 4.52. The van der Waals surface area contributed by atoms with Crippen LogP contribution in [0.1, 0.15) is 24.5 Å². The lowest BCUT2D eigenvalue weighted by molar-refractivity contribution is -0.206. The molecular weight excluding hydrogens is 224 g/mol. The molecule has 1 aliphatic rings. The lowest BCUT2D eigenvalue weighted by atomic mass is 10.1. The van der Waals surface area contributed by atoms with Crippen molar-refractivity contribution in [2.75, 3.05) is 6.61 Å². The Morgan fingerprint density at radius 1 is 1.00 bits per heavy atom. The molecule has 3 rings (SSSR count). The Kier molecular flexibility index (Phi) is 3.03. The number of hydrogen-bond acceptors (Lipinski definition) is 2. The number of rotatable bonds is 4. The molecule has 0 saturated heterocycles. The van der Waals surface area contributed by atoms with Crippen molar-refractivity contribution in [3.63, 3.8) is 0 Å². The van der Waals surface area contributed by atoms with Crippen molar-refractivity contribution in [1.29, 1.82) is 0 Å². The molecule has 0 heterocycles. The molecule has 0 N–H and O–H groups in total. The molecule has 2 heteroatoms. The quantitative estimate of drug-likeness (QED) is 0.390. The molecule has 0 unspecified atom stereocenters. The summed E-state index contributed by atoms with van der Waals surface area (Å²) in [5, 5.41) is 0. The van der Waals surface area contributed by atoms with E-state index in [9.17, 15) is 0 Å². The molecule has 18 heavy (non-hydrogen) atoms. The zero-order valence-corrected chi connectivity index (χ0v) is 10.5. The molecule has 0 fully saturated rings. The first kappa shape index (κ1) is 11.3. The molecule has 0 atom stereocenters. The zero-order chi connectivity index (χ0) is 12.4. The molecule has 0 radical (unpaired) electrons. The summed E-state index contributed by atoms with van der Waals surface area (Å²) in [4.78, 5) is 10.6. The van der Waals surface area contributed by atoms with Crippen LogP contribution in [0.15, 0.2) is 42.5 Å². The fraction of sp³-hybridized carbons (Fsp3) is 0.250. The van der Waals surface area contributed by atoms with Gasteiger partial charge in [0.05, 0.1) is 6.61 Å². The van der Waals surface area contributed by atoms with Crippen LogP contribution in [0.25, 0.3) is 11.1 Å². The molecule has 2 aromatic carbocycles. The third-order valence-electron chi connectivity index (χ3n) is 3.24. The maximum atomic E-state index is 5.42. The Hall–Kier alpha value is -1.80. The summed E-state index contributed by atoms with van der Waals surface area (Å²) < 4.78 is 0. The average molecular weight is 240 g/mol. The van der Waals surface area contributed by atoms with Crippen LogP contribution in [0.4, 0.5) is 0 Å². The standard InChI is InChI=1S/C16H16O2/c1-2-10-17-18-16-9-5-8-14-13-7-4-3-6-12(13)11-15(14)16/h3-9H,2,10-11H2,1H3. The summed E-state index contributed by atoms with van der Waals surface area (Å²) >= 11 is 0. The fourth-order valence-corrected chi connectivity index (χ4v) is 2.39. The van der Waals surface area contributed by atoms with Gasteiger partial charge < -0.3 is 4.89 Å². The molecular formula is C16H16O2. The Morgan fingerprint density at radius 3 is 2.72 bits per heavy atom. The van der Waals surface area contributed by atoms with Crippen molar-refractivity contribution in [3.05, 3.63) is 53.6 Å². The molecule has 0 spiro atoms. The van der Waals surface area contributed by atoms with E-state index in [4.69, 9.17) is 9.78 Å². The highest BCUT2D eigenvalue weighted by Crippen LogP contribution is 2.40. The van der Waals surface area contributed by atoms with Crippen LogP contribution in [0.2, 0.25) is 0 Å². The van der Waals surface area contributed by atoms with Gasteiger partial charge in [0.25, 0.3) is 0 Å². The van der Waals surface area contributed by atoms with Crippen molar-refractivity contribution in [2.45, 2.75) is 19.8 Å². The first-order valence-corrected chi connectivity index (χ1v) is 6.40. The highest BCUT2D eigenvalue weighted by molar-refractivity contribution is 5.78. The van der Waals surface area contributed by atoms with Crippen molar-refractivity contribution in [2.24, 2.45) is 0 Å². The van der Waals surface area contributed by atoms with E-state index in [1.54, 1.807) is 0 Å². The second kappa shape index (κ2) is 4.83. The first-order valence-electron chi connectivity index (χ1n) is 6.40. The minimum Gasteiger partial charge on any atom is -0.337 e. The topological polar surface area (TPSA) is 18.5 Å². The summed E-state index contributed by atoms with van der Waals surface area (Å²) in [6.45, 7) is 2.69. The minimum absolute atomic E-state index is 0.622. The van der Waals surface area contributed by atoms with E-state index in [2.05, 4.69) is 37.3 Å². The van der Waals surface area contributed by atoms with Crippen LogP contribution in [-0.2, 0) is 11.3 Å². The van der Waals surface area contributed by atoms with E-state index < -0.39 is 0 Å². The van der Waals surface area contributed by atoms with Gasteiger partial charge in [-0.1, -0.05) is 43.3 Å². The van der Waals surface area contributed by atoms with Gasteiger partial charge in [-0.05, 0) is 29.2 Å². The summed E-state index contributed by atoms with van der Waals surface area (Å²) in [5.41, 5.74) is 5.17. The van der Waals surface area contributed by atoms with E-state index in [1.807, 2.05) is 12.1 Å². The number of benzene rings is 2. The SMILES string of the molecule is CCCOOc1cccc2c1Cc1ccccc1-2. The Labute approximate surface area is 107 Å². The Bertz CT molecular complexity index is 561. The molecule has 0 aromatic heterocycles. The molecule has 2 nitrogen and oxygen atoms in total. The highest BCUT2D eigenvalue weighted by atomic mass is 17.2. The van der Waals surface area contributed by atoms with Crippen LogP contribution >= 0.6 is 0 Å². The van der Waals surface area contributed by atoms with E-state index in [1.165, 1.54) is 22.3 Å². The molecule has 92 valence electrons. The first-order chi connectivity index (χ1) is 8.90. The molecule has 0 bridgehead atoms. The third kappa shape index (κ3) is 1.89. The van der Waals surface area contributed by atoms with E-state index in [-0.39, 0.29) is 0 Å². The average Bonchev–Trinajstić information content (AvgIpc) is 2.79. The van der Waals surface area contributed by atoms with Crippen LogP contribution in [-0.4, -0.2) is 6.61 Å². The van der Waals surface area contributed by atoms with Gasteiger partial charge in [-0.3, -0.25) is 0 Å². The highest BCUT2D eigenvalue weighted by Gasteiger charge is 2.21. The van der Waals surface area contributed by atoms with Gasteiger partial charge in [0.15, 0.2) is 5.75 Å². The van der Waals surface area contributed by atoms with Crippen LogP contribution in [0.5, 0.6) is 5.75 Å². The maximum Gasteiger partial charge on any atom is 0.169 e. The van der Waals surface area contributed by atoms with Gasteiger partial charge in [-0.15, -0.1) is 0 Å². The van der Waals surface area contributed by atoms with Crippen LogP contribution in [0, 0.1) is 0 Å². The minimum atomic E-state index is 0.622. The smallest absolute Gasteiger partial charge is 0.169 e. The zero-order valence-electron chi connectivity index (χ0n) is 10.5. The van der Waals surface area contributed by atoms with Gasteiger partial charge in [-0.25, -0.2) is 0 Å². The summed E-state index contributed by atoms with van der Waals surface area (Å²) in [6.07, 6.45) is 1.88. The summed E-state index contributed by atoms with van der Waals surface area (Å²) in [5.74, 6) is 0.845. The normalized spacial score (nSPS) is 12.1. The monoisotopic (exact) mass is 240 g/mol. The van der Waals surface area contributed by atoms with E-state index >= 15 is 0 Å². The van der Waals surface area contributed by atoms with Crippen molar-refractivity contribution < 1.29 is 9.78 Å². The largest absolute Gasteiger partial charge is 0.337 e. The Morgan fingerprint density at radius 2 is 1.83 bits per heavy atom. The molecule has 0 amide bonds. The van der Waals surface area contributed by atoms with Crippen molar-refractivity contribution >= 4 is 0 Å². The predicted octanol–water partition coefficient (Wildman–Crippen LogP) is 3.98. The van der Waals surface area contributed by atoms with Crippen molar-refractivity contribution in [3.8, 4) is 16.9 Å². The number of hydrogen-bond donors (Lipinski definition) is 0. The van der Waals surface area contributed by atoms with Gasteiger partial charge in [0.1, 0.15) is 0 Å². The molecule has 2 aromatic rings. The predicted molar refractivity (Wildman–Crippen MR) is 71.6 cm³/mol. The molecule has 0 saturated carbocycles. The summed E-state index contributed by atoms with van der Waals surface area (Å²) in [6, 6.07) is 14.6. The maximum absolute atomic E-state index is 5.42. The number of fused-ring (bicyclic) bond motifs is 3. The van der Waals surface area contributed by atoms with Crippen molar-refractivity contribution in [1.82, 2.24) is 0 Å². The van der Waals surface area contributed by atoms with E-state index in [0.29, 0.717) is 6.61 Å². The third-order valence-corrected chi connectivity index (χ3v) is 3.24. The Balaban J connectivity index is 1.93. The van der Waals surface area contributed by atoms with Gasteiger partial charge in [-0.2, -0.15) is 4.89 Å². The van der Waals surface area contributed by atoms with E-state index in [0.717, 1.165) is 18.6 Å². The van der Waals surface area contributed by atoms with Gasteiger partial charge in [0, 0.05) is 12.0 Å². The van der Waals surface area contributed by atoms with Gasteiger partial charge in [0.2, 0.25) is 0 Å².